The third-order valence-corrected chi connectivity index (χ3v) is 15.6. The highest BCUT2D eigenvalue weighted by molar-refractivity contribution is 5.76. The summed E-state index contributed by atoms with van der Waals surface area (Å²) in [4.78, 5) is 13.3. The maximum Gasteiger partial charge on any atom is 0.220 e. The van der Waals surface area contributed by atoms with Crippen molar-refractivity contribution in [1.82, 2.24) is 5.32 Å². The van der Waals surface area contributed by atoms with Gasteiger partial charge >= 0.3 is 0 Å². The van der Waals surface area contributed by atoms with Crippen LogP contribution in [-0.4, -0.2) is 140 Å². The Kier molecular flexibility index (Phi) is 45.8. The highest BCUT2D eigenvalue weighted by Crippen LogP contribution is 2.30. The van der Waals surface area contributed by atoms with Crippen LogP contribution in [0.1, 0.15) is 258 Å². The number of allylic oxidation sites excluding steroid dienone is 8. The molecule has 14 nitrogen and oxygen atoms in total. The number of aliphatic hydroxyl groups excluding tert-OH is 8. The molecule has 2 rings (SSSR count). The third-order valence-electron chi connectivity index (χ3n) is 15.6. The van der Waals surface area contributed by atoms with Crippen molar-refractivity contribution < 1.29 is 64.6 Å². The molecule has 0 aliphatic carbocycles. The summed E-state index contributed by atoms with van der Waals surface area (Å²) < 4.78 is 22.9. The topological polar surface area (TPSA) is 228 Å². The average Bonchev–Trinajstić information content (AvgIpc) is 3.44. The van der Waals surface area contributed by atoms with Gasteiger partial charge in [0.15, 0.2) is 12.6 Å². The van der Waals surface area contributed by atoms with Crippen LogP contribution >= 0.6 is 0 Å². The lowest BCUT2D eigenvalue weighted by Crippen LogP contribution is -2.65. The lowest BCUT2D eigenvalue weighted by Gasteiger charge is -2.46. The normalized spacial score (nSPS) is 24.8. The van der Waals surface area contributed by atoms with Crippen LogP contribution in [0.4, 0.5) is 0 Å². The van der Waals surface area contributed by atoms with E-state index in [0.29, 0.717) is 12.8 Å². The molecule has 2 aliphatic heterocycles. The van der Waals surface area contributed by atoms with Gasteiger partial charge in [-0.3, -0.25) is 4.79 Å². The van der Waals surface area contributed by atoms with E-state index < -0.39 is 86.8 Å². The molecule has 0 aromatic rings. The number of hydrogen-bond donors (Lipinski definition) is 9. The number of hydrogen-bond acceptors (Lipinski definition) is 13. The van der Waals surface area contributed by atoms with Crippen LogP contribution in [0.3, 0.4) is 0 Å². The highest BCUT2D eigenvalue weighted by Gasteiger charge is 2.51. The monoisotopic (exact) mass is 1110 g/mol. The molecule has 0 spiro atoms. The summed E-state index contributed by atoms with van der Waals surface area (Å²) in [6.45, 7) is 2.77. The van der Waals surface area contributed by atoms with Crippen molar-refractivity contribution in [3.63, 3.8) is 0 Å². The van der Waals surface area contributed by atoms with Gasteiger partial charge in [0.2, 0.25) is 5.91 Å². The molecule has 14 heteroatoms. The Morgan fingerprint density at radius 3 is 1.36 bits per heavy atom. The number of ether oxygens (including phenoxy) is 4. The molecule has 0 bridgehead atoms. The standard InChI is InChI=1S/C64H117NO13/c1-3-5-7-9-11-13-15-17-19-21-22-23-24-25-26-27-28-29-30-32-34-36-38-40-42-44-46-48-56(69)65-52(53(68)47-45-43-41-39-37-35-33-31-20-18-16-14-12-10-8-6-4-2)51-75-63-61(74)59(72)62(55(50-67)77-63)78-64-60(73)58(71)57(70)54(49-66)76-64/h5,7,11,13,17,19,22-23,52-55,57-64,66-68,70-74H,3-4,6,8-10,12,14-16,18,20-21,24-51H2,1-2H3,(H,65,69)/b7-5-,13-11-,19-17-,23-22-. The van der Waals surface area contributed by atoms with E-state index in [-0.39, 0.29) is 12.5 Å². The fraction of sp³-hybridized carbons (Fsp3) is 0.859. The largest absolute Gasteiger partial charge is 0.394 e. The van der Waals surface area contributed by atoms with Gasteiger partial charge in [0, 0.05) is 6.42 Å². The quantitative estimate of drug-likeness (QED) is 0.0204. The van der Waals surface area contributed by atoms with Crippen molar-refractivity contribution >= 4 is 5.91 Å². The first-order valence-electron chi connectivity index (χ1n) is 31.9. The fourth-order valence-corrected chi connectivity index (χ4v) is 10.5. The second-order valence-electron chi connectivity index (χ2n) is 22.5. The summed E-state index contributed by atoms with van der Waals surface area (Å²) in [7, 11) is 0. The lowest BCUT2D eigenvalue weighted by atomic mass is 9.97. The van der Waals surface area contributed by atoms with E-state index in [1.54, 1.807) is 0 Å². The van der Waals surface area contributed by atoms with Gasteiger partial charge in [-0.25, -0.2) is 0 Å². The number of amides is 1. The number of carbonyl (C=O) groups excluding carboxylic acids is 1. The Bertz CT molecular complexity index is 1490. The second kappa shape index (κ2) is 49.5. The Morgan fingerprint density at radius 2 is 0.885 bits per heavy atom. The van der Waals surface area contributed by atoms with E-state index >= 15 is 0 Å². The van der Waals surface area contributed by atoms with Crippen LogP contribution in [0.5, 0.6) is 0 Å². The SMILES string of the molecule is CC/C=C\C/C=C\C/C=C\C/C=C\CCCCCCCCCCCCCCCCC(=O)NC(COC1OC(CO)C(OC2OC(CO)C(O)C(O)C2O)C(O)C1O)C(O)CCCCCCCCCCCCCCCCCCC. The first-order chi connectivity index (χ1) is 38.1. The van der Waals surface area contributed by atoms with Crippen LogP contribution in [0.25, 0.3) is 0 Å². The Labute approximate surface area is 473 Å². The first kappa shape index (κ1) is 72.1. The fourth-order valence-electron chi connectivity index (χ4n) is 10.5. The third kappa shape index (κ3) is 34.4. The van der Waals surface area contributed by atoms with Crippen molar-refractivity contribution in [2.75, 3.05) is 19.8 Å². The molecule has 1 amide bonds. The molecule has 0 aromatic heterocycles. The molecule has 2 saturated heterocycles. The molecule has 78 heavy (non-hydrogen) atoms. The zero-order chi connectivity index (χ0) is 56.7. The maximum atomic E-state index is 13.3. The van der Waals surface area contributed by atoms with Crippen LogP contribution in [-0.2, 0) is 23.7 Å². The molecule has 2 aliphatic rings. The predicted octanol–water partition coefficient (Wildman–Crippen LogP) is 11.6. The van der Waals surface area contributed by atoms with E-state index in [9.17, 15) is 45.6 Å². The molecule has 2 heterocycles. The minimum absolute atomic E-state index is 0.206. The van der Waals surface area contributed by atoms with Crippen molar-refractivity contribution in [3.8, 4) is 0 Å². The van der Waals surface area contributed by atoms with Crippen LogP contribution < -0.4 is 5.32 Å². The predicted molar refractivity (Wildman–Crippen MR) is 314 cm³/mol. The van der Waals surface area contributed by atoms with Crippen LogP contribution in [0, 0.1) is 0 Å². The van der Waals surface area contributed by atoms with E-state index in [1.165, 1.54) is 154 Å². The van der Waals surface area contributed by atoms with Crippen molar-refractivity contribution in [2.45, 2.75) is 331 Å². The van der Waals surface area contributed by atoms with Crippen LogP contribution in [0.2, 0.25) is 0 Å². The number of carbonyl (C=O) groups is 1. The Hall–Kier alpha value is -2.05. The molecule has 0 radical (unpaired) electrons. The number of rotatable bonds is 51. The summed E-state index contributed by atoms with van der Waals surface area (Å²) in [5, 5.41) is 87.4. The van der Waals surface area contributed by atoms with Crippen molar-refractivity contribution in [2.24, 2.45) is 0 Å². The molecular weight excluding hydrogens is 991 g/mol. The lowest BCUT2D eigenvalue weighted by molar-refractivity contribution is -0.359. The number of aliphatic hydroxyl groups is 8. The van der Waals surface area contributed by atoms with E-state index in [1.807, 2.05) is 0 Å². The van der Waals surface area contributed by atoms with Gasteiger partial charge in [0.25, 0.3) is 0 Å². The Morgan fingerprint density at radius 1 is 0.474 bits per heavy atom. The zero-order valence-electron chi connectivity index (χ0n) is 49.2. The minimum Gasteiger partial charge on any atom is -0.394 e. The number of unbranched alkanes of at least 4 members (excludes halogenated alkanes) is 30. The van der Waals surface area contributed by atoms with Gasteiger partial charge in [-0.05, 0) is 51.4 Å². The van der Waals surface area contributed by atoms with Gasteiger partial charge < -0.3 is 65.1 Å². The molecule has 0 aromatic carbocycles. The van der Waals surface area contributed by atoms with E-state index in [2.05, 4.69) is 67.8 Å². The first-order valence-corrected chi connectivity index (χ1v) is 31.9. The molecule has 0 saturated carbocycles. The zero-order valence-corrected chi connectivity index (χ0v) is 49.2. The molecule has 456 valence electrons. The van der Waals surface area contributed by atoms with Gasteiger partial charge in [-0.2, -0.15) is 0 Å². The molecule has 12 unspecified atom stereocenters. The van der Waals surface area contributed by atoms with E-state index in [0.717, 1.165) is 77.0 Å². The molecular formula is C64H117NO13. The summed E-state index contributed by atoms with van der Waals surface area (Å²) in [5.41, 5.74) is 0. The maximum absolute atomic E-state index is 13.3. The highest BCUT2D eigenvalue weighted by atomic mass is 16.7. The van der Waals surface area contributed by atoms with Crippen LogP contribution in [0.15, 0.2) is 48.6 Å². The average molecular weight is 1110 g/mol. The van der Waals surface area contributed by atoms with Gasteiger partial charge in [-0.15, -0.1) is 0 Å². The van der Waals surface area contributed by atoms with Crippen molar-refractivity contribution in [3.05, 3.63) is 48.6 Å². The molecule has 2 fully saturated rings. The summed E-state index contributed by atoms with van der Waals surface area (Å²) >= 11 is 0. The van der Waals surface area contributed by atoms with Gasteiger partial charge in [-0.1, -0.05) is 249 Å². The van der Waals surface area contributed by atoms with Gasteiger partial charge in [0.05, 0.1) is 32.0 Å². The van der Waals surface area contributed by atoms with Gasteiger partial charge in [0.1, 0.15) is 48.8 Å². The minimum atomic E-state index is -1.78. The van der Waals surface area contributed by atoms with Crippen molar-refractivity contribution in [1.29, 1.82) is 0 Å². The summed E-state index contributed by atoms with van der Waals surface area (Å²) in [5.74, 6) is -0.206. The molecule has 12 atom stereocenters. The number of nitrogens with one attached hydrogen (secondary N) is 1. The Balaban J connectivity index is 1.69. The summed E-state index contributed by atoms with van der Waals surface area (Å²) in [6.07, 6.45) is 45.4. The van der Waals surface area contributed by atoms with E-state index in [4.69, 9.17) is 18.9 Å². The second-order valence-corrected chi connectivity index (χ2v) is 22.5. The smallest absolute Gasteiger partial charge is 0.220 e. The summed E-state index contributed by atoms with van der Waals surface area (Å²) in [6, 6.07) is -0.830. The molecule has 9 N–H and O–H groups in total.